The summed E-state index contributed by atoms with van der Waals surface area (Å²) in [7, 11) is -3.26. The van der Waals surface area contributed by atoms with Crippen LogP contribution in [0.25, 0.3) is 0 Å². The summed E-state index contributed by atoms with van der Waals surface area (Å²) in [5.74, 6) is 0.0638. The van der Waals surface area contributed by atoms with Gasteiger partial charge < -0.3 is 4.42 Å². The average molecular weight is 321 g/mol. The number of aromatic nitrogens is 1. The van der Waals surface area contributed by atoms with Gasteiger partial charge in [0.25, 0.3) is 0 Å². The summed E-state index contributed by atoms with van der Waals surface area (Å²) < 4.78 is 29.5. The quantitative estimate of drug-likeness (QED) is 0.699. The van der Waals surface area contributed by atoms with Gasteiger partial charge in [-0.15, -0.1) is 0 Å². The molecule has 0 aliphatic heterocycles. The molecule has 0 saturated carbocycles. The van der Waals surface area contributed by atoms with Gasteiger partial charge in [-0.05, 0) is 31.9 Å². The highest BCUT2D eigenvalue weighted by atomic mass is 32.2. The van der Waals surface area contributed by atoms with Crippen molar-refractivity contribution in [1.82, 2.24) is 4.98 Å². The van der Waals surface area contributed by atoms with Crippen molar-refractivity contribution in [3.63, 3.8) is 0 Å². The van der Waals surface area contributed by atoms with Crippen molar-refractivity contribution in [3.05, 3.63) is 48.7 Å². The molecule has 1 aromatic heterocycles. The van der Waals surface area contributed by atoms with Crippen molar-refractivity contribution in [2.75, 3.05) is 5.75 Å². The Labute approximate surface area is 130 Å². The molecule has 1 unspecified atom stereocenters. The number of ketones is 1. The summed E-state index contributed by atoms with van der Waals surface area (Å²) in [6.07, 6.45) is 4.61. The van der Waals surface area contributed by atoms with E-state index < -0.39 is 15.8 Å². The summed E-state index contributed by atoms with van der Waals surface area (Å²) in [4.78, 5) is 16.0. The van der Waals surface area contributed by atoms with Gasteiger partial charge in [-0.3, -0.25) is 4.79 Å². The lowest BCUT2D eigenvalue weighted by atomic mass is 9.98. The first-order valence-electron chi connectivity index (χ1n) is 7.18. The fourth-order valence-corrected chi connectivity index (χ4v) is 3.69. The molecule has 0 N–H and O–H groups in total. The zero-order valence-electron chi connectivity index (χ0n) is 12.4. The molecular formula is C16H19NO4S. The smallest absolute Gasteiger partial charge is 0.204 e. The predicted octanol–water partition coefficient (Wildman–Crippen LogP) is 2.99. The second kappa shape index (κ2) is 7.35. The van der Waals surface area contributed by atoms with Gasteiger partial charge in [-0.25, -0.2) is 13.4 Å². The number of rotatable bonds is 8. The summed E-state index contributed by atoms with van der Waals surface area (Å²) in [6.45, 7) is 1.50. The van der Waals surface area contributed by atoms with Crippen LogP contribution in [0, 0.1) is 0 Å². The number of Topliss-reactive ketones (excluding diaryl/α,β-unsaturated/α-hetero) is 1. The molecule has 0 amide bonds. The molecule has 6 heteroatoms. The third-order valence-electron chi connectivity index (χ3n) is 3.50. The minimum atomic E-state index is -3.26. The zero-order chi connectivity index (χ0) is 16.0. The van der Waals surface area contributed by atoms with E-state index in [4.69, 9.17) is 4.42 Å². The van der Waals surface area contributed by atoms with Crippen molar-refractivity contribution in [2.24, 2.45) is 0 Å². The molecule has 0 spiro atoms. The fourth-order valence-electron chi connectivity index (χ4n) is 2.29. The number of carbonyl (C=O) groups is 1. The number of hydrogen-bond donors (Lipinski definition) is 0. The maximum absolute atomic E-state index is 12.1. The molecule has 0 radical (unpaired) electrons. The van der Waals surface area contributed by atoms with Crippen LogP contribution in [0.1, 0.15) is 38.0 Å². The van der Waals surface area contributed by atoms with Gasteiger partial charge in [0.05, 0.1) is 22.8 Å². The lowest BCUT2D eigenvalue weighted by Crippen LogP contribution is -2.11. The predicted molar refractivity (Wildman–Crippen MR) is 82.3 cm³/mol. The van der Waals surface area contributed by atoms with Crippen molar-refractivity contribution >= 4 is 15.6 Å². The van der Waals surface area contributed by atoms with E-state index in [2.05, 4.69) is 4.98 Å². The van der Waals surface area contributed by atoms with Crippen LogP contribution in [-0.2, 0) is 14.6 Å². The summed E-state index contributed by atoms with van der Waals surface area (Å²) in [5.41, 5.74) is 0. The van der Waals surface area contributed by atoms with Gasteiger partial charge in [-0.2, -0.15) is 0 Å². The van der Waals surface area contributed by atoms with Gasteiger partial charge in [0.15, 0.2) is 9.84 Å². The van der Waals surface area contributed by atoms with Gasteiger partial charge in [0.2, 0.25) is 5.89 Å². The second-order valence-corrected chi connectivity index (χ2v) is 7.27. The monoisotopic (exact) mass is 321 g/mol. The molecule has 0 aliphatic rings. The Bertz CT molecular complexity index is 693. The normalized spacial score (nSPS) is 13.0. The highest BCUT2D eigenvalue weighted by Crippen LogP contribution is 2.22. The highest BCUT2D eigenvalue weighted by molar-refractivity contribution is 7.91. The van der Waals surface area contributed by atoms with Crippen LogP contribution >= 0.6 is 0 Å². The van der Waals surface area contributed by atoms with Crippen molar-refractivity contribution in [2.45, 2.75) is 37.0 Å². The third-order valence-corrected chi connectivity index (χ3v) is 5.31. The first kappa shape index (κ1) is 16.4. The summed E-state index contributed by atoms with van der Waals surface area (Å²) in [5, 5.41) is 0. The van der Waals surface area contributed by atoms with Gasteiger partial charge in [0, 0.05) is 0 Å². The maximum Gasteiger partial charge on any atom is 0.204 e. The molecule has 2 rings (SSSR count). The molecule has 0 fully saturated rings. The number of benzene rings is 1. The third kappa shape index (κ3) is 4.27. The molecule has 118 valence electrons. The number of nitrogens with zero attached hydrogens (tertiary/aromatic N) is 1. The topological polar surface area (TPSA) is 77.2 Å². The molecule has 5 nitrogen and oxygen atoms in total. The number of carbonyl (C=O) groups excluding carboxylic acids is 1. The van der Waals surface area contributed by atoms with Crippen molar-refractivity contribution < 1.29 is 17.6 Å². The molecule has 1 atom stereocenters. The number of unbranched alkanes of at least 4 members (excludes halogenated alkanes) is 1. The lowest BCUT2D eigenvalue weighted by Gasteiger charge is -2.10. The fraction of sp³-hybridized carbons (Fsp3) is 0.375. The van der Waals surface area contributed by atoms with Crippen LogP contribution in [-0.4, -0.2) is 24.9 Å². The van der Waals surface area contributed by atoms with E-state index in [0.29, 0.717) is 30.0 Å². The Morgan fingerprint density at radius 2 is 1.95 bits per heavy atom. The Hall–Kier alpha value is -1.95. The Balaban J connectivity index is 1.87. The molecular weight excluding hydrogens is 302 g/mol. The van der Waals surface area contributed by atoms with Crippen molar-refractivity contribution in [3.8, 4) is 0 Å². The minimum Gasteiger partial charge on any atom is -0.448 e. The maximum atomic E-state index is 12.1. The van der Waals surface area contributed by atoms with E-state index in [1.54, 1.807) is 30.3 Å². The minimum absolute atomic E-state index is 0.0200. The SMILES string of the molecule is CC(=O)C(CCCCS(=O)(=O)c1ccccc1)c1ncco1. The highest BCUT2D eigenvalue weighted by Gasteiger charge is 2.21. The van der Waals surface area contributed by atoms with E-state index in [0.717, 1.165) is 0 Å². The number of oxazole rings is 1. The molecule has 0 bridgehead atoms. The largest absolute Gasteiger partial charge is 0.448 e. The van der Waals surface area contributed by atoms with Gasteiger partial charge in [-0.1, -0.05) is 24.6 Å². The lowest BCUT2D eigenvalue weighted by molar-refractivity contribution is -0.119. The molecule has 2 aromatic rings. The van der Waals surface area contributed by atoms with Crippen LogP contribution in [0.3, 0.4) is 0 Å². The second-order valence-electron chi connectivity index (χ2n) is 5.16. The standard InChI is InChI=1S/C16H19NO4S/c1-13(18)15(16-17-10-11-21-16)9-5-6-12-22(19,20)14-7-3-2-4-8-14/h2-4,7-8,10-11,15H,5-6,9,12H2,1H3. The molecule has 1 heterocycles. The van der Waals surface area contributed by atoms with Crippen LogP contribution in [0.15, 0.2) is 52.1 Å². The van der Waals surface area contributed by atoms with Gasteiger partial charge >= 0.3 is 0 Å². The van der Waals surface area contributed by atoms with E-state index in [-0.39, 0.29) is 11.5 Å². The first-order chi connectivity index (χ1) is 10.5. The number of sulfone groups is 1. The van der Waals surface area contributed by atoms with Crippen LogP contribution in [0.4, 0.5) is 0 Å². The average Bonchev–Trinajstić information content (AvgIpc) is 3.01. The van der Waals surface area contributed by atoms with E-state index in [9.17, 15) is 13.2 Å². The Morgan fingerprint density at radius 3 is 2.55 bits per heavy atom. The summed E-state index contributed by atoms with van der Waals surface area (Å²) >= 11 is 0. The zero-order valence-corrected chi connectivity index (χ0v) is 13.3. The van der Waals surface area contributed by atoms with E-state index in [1.807, 2.05) is 0 Å². The first-order valence-corrected chi connectivity index (χ1v) is 8.83. The molecule has 1 aromatic carbocycles. The molecule has 0 aliphatic carbocycles. The van der Waals surface area contributed by atoms with E-state index >= 15 is 0 Å². The van der Waals surface area contributed by atoms with Crippen LogP contribution in [0.2, 0.25) is 0 Å². The van der Waals surface area contributed by atoms with Crippen molar-refractivity contribution in [1.29, 1.82) is 0 Å². The van der Waals surface area contributed by atoms with E-state index in [1.165, 1.54) is 19.4 Å². The molecule has 22 heavy (non-hydrogen) atoms. The number of hydrogen-bond acceptors (Lipinski definition) is 5. The van der Waals surface area contributed by atoms with Crippen LogP contribution < -0.4 is 0 Å². The van der Waals surface area contributed by atoms with Gasteiger partial charge in [0.1, 0.15) is 12.0 Å². The summed E-state index contributed by atoms with van der Waals surface area (Å²) in [6, 6.07) is 8.40. The molecule has 0 saturated heterocycles. The Kier molecular flexibility index (Phi) is 5.49. The Morgan fingerprint density at radius 1 is 1.23 bits per heavy atom. The van der Waals surface area contributed by atoms with Crippen LogP contribution in [0.5, 0.6) is 0 Å².